The highest BCUT2D eigenvalue weighted by molar-refractivity contribution is 7.10. The number of aryl methyl sites for hydroxylation is 1. The third kappa shape index (κ3) is 2.91. The highest BCUT2D eigenvalue weighted by Crippen LogP contribution is 2.11. The maximum absolute atomic E-state index is 11.8. The predicted octanol–water partition coefficient (Wildman–Crippen LogP) is 1.30. The van der Waals surface area contributed by atoms with Gasteiger partial charge in [-0.15, -0.1) is 21.5 Å². The Morgan fingerprint density at radius 3 is 3.06 bits per heavy atom. The maximum atomic E-state index is 11.8. The smallest absolute Gasteiger partial charge is 0.225 e. The molecule has 0 saturated heterocycles. The minimum absolute atomic E-state index is 0.00273. The first-order valence-corrected chi connectivity index (χ1v) is 6.20. The molecule has 1 N–H and O–H groups in total. The molecule has 0 bridgehead atoms. The summed E-state index contributed by atoms with van der Waals surface area (Å²) in [6, 6.07) is 3.77. The van der Waals surface area contributed by atoms with Crippen LogP contribution in [0.2, 0.25) is 0 Å². The molecule has 5 nitrogen and oxygen atoms in total. The van der Waals surface area contributed by atoms with E-state index in [1.807, 2.05) is 31.5 Å². The zero-order valence-electron chi connectivity index (χ0n) is 9.75. The summed E-state index contributed by atoms with van der Waals surface area (Å²) in [7, 11) is 1.86. The Bertz CT molecular complexity index is 491. The molecule has 17 heavy (non-hydrogen) atoms. The molecule has 2 rings (SSSR count). The molecule has 6 heteroatoms. The van der Waals surface area contributed by atoms with Crippen LogP contribution >= 0.6 is 11.3 Å². The molecule has 0 spiro atoms. The van der Waals surface area contributed by atoms with Crippen molar-refractivity contribution in [1.29, 1.82) is 0 Å². The fraction of sp³-hybridized carbons (Fsp3) is 0.364. The predicted molar refractivity (Wildman–Crippen MR) is 65.6 cm³/mol. The molecular weight excluding hydrogens is 236 g/mol. The topological polar surface area (TPSA) is 59.8 Å². The van der Waals surface area contributed by atoms with Crippen LogP contribution in [0.1, 0.15) is 23.7 Å². The van der Waals surface area contributed by atoms with Crippen molar-refractivity contribution < 1.29 is 4.79 Å². The van der Waals surface area contributed by atoms with Crippen molar-refractivity contribution in [3.63, 3.8) is 0 Å². The van der Waals surface area contributed by atoms with Crippen LogP contribution in [0.5, 0.6) is 0 Å². The molecule has 0 fully saturated rings. The van der Waals surface area contributed by atoms with Crippen molar-refractivity contribution >= 4 is 17.2 Å². The Balaban J connectivity index is 1.93. The van der Waals surface area contributed by atoms with Crippen LogP contribution < -0.4 is 5.32 Å². The van der Waals surface area contributed by atoms with Crippen molar-refractivity contribution in [3.8, 4) is 0 Å². The van der Waals surface area contributed by atoms with E-state index in [1.54, 1.807) is 22.2 Å². The summed E-state index contributed by atoms with van der Waals surface area (Å²) in [5.74, 6) is 0.757. The number of thiophene rings is 1. The second-order valence-corrected chi connectivity index (χ2v) is 4.88. The number of amides is 1. The Labute approximate surface area is 103 Å². The first kappa shape index (κ1) is 11.8. The molecule has 0 aliphatic rings. The third-order valence-corrected chi connectivity index (χ3v) is 3.30. The SMILES string of the molecule is C[C@H](NC(=O)Cc1cccs1)c1nncn1C. The molecule has 2 aromatic rings. The molecule has 0 aromatic carbocycles. The fourth-order valence-electron chi connectivity index (χ4n) is 1.61. The van der Waals surface area contributed by atoms with Crippen LogP contribution in [0.15, 0.2) is 23.8 Å². The van der Waals surface area contributed by atoms with Crippen LogP contribution in [-0.2, 0) is 18.3 Å². The van der Waals surface area contributed by atoms with Crippen molar-refractivity contribution in [2.75, 3.05) is 0 Å². The van der Waals surface area contributed by atoms with Gasteiger partial charge in [-0.25, -0.2) is 0 Å². The van der Waals surface area contributed by atoms with Gasteiger partial charge in [-0.05, 0) is 18.4 Å². The van der Waals surface area contributed by atoms with E-state index in [9.17, 15) is 4.79 Å². The molecule has 2 aromatic heterocycles. The molecule has 90 valence electrons. The van der Waals surface area contributed by atoms with Gasteiger partial charge in [0.1, 0.15) is 6.33 Å². The average molecular weight is 250 g/mol. The standard InChI is InChI=1S/C11H14N4OS/c1-8(11-14-12-7-15(11)2)13-10(16)6-9-4-3-5-17-9/h3-5,7-8H,6H2,1-2H3,(H,13,16)/t8-/m0/s1. The number of carbonyl (C=O) groups is 1. The van der Waals surface area contributed by atoms with Gasteiger partial charge in [0.05, 0.1) is 12.5 Å². The Morgan fingerprint density at radius 2 is 2.47 bits per heavy atom. The Kier molecular flexibility index (Phi) is 3.53. The minimum atomic E-state index is -0.130. The Hall–Kier alpha value is -1.69. The quantitative estimate of drug-likeness (QED) is 0.889. The molecule has 0 unspecified atom stereocenters. The molecule has 0 aliphatic carbocycles. The third-order valence-electron chi connectivity index (χ3n) is 2.43. The van der Waals surface area contributed by atoms with Crippen LogP contribution in [0, 0.1) is 0 Å². The summed E-state index contributed by atoms with van der Waals surface area (Å²) in [4.78, 5) is 12.8. The monoisotopic (exact) mass is 250 g/mol. The zero-order valence-corrected chi connectivity index (χ0v) is 10.6. The second-order valence-electron chi connectivity index (χ2n) is 3.85. The number of nitrogens with zero attached hydrogens (tertiary/aromatic N) is 3. The van der Waals surface area contributed by atoms with Gasteiger partial charge < -0.3 is 9.88 Å². The van der Waals surface area contributed by atoms with Crippen molar-refractivity contribution in [2.45, 2.75) is 19.4 Å². The second kappa shape index (κ2) is 5.09. The fourth-order valence-corrected chi connectivity index (χ4v) is 2.32. The van der Waals surface area contributed by atoms with Gasteiger partial charge in [-0.1, -0.05) is 6.07 Å². The van der Waals surface area contributed by atoms with Gasteiger partial charge in [0.2, 0.25) is 5.91 Å². The van der Waals surface area contributed by atoms with Crippen LogP contribution in [0.25, 0.3) is 0 Å². The lowest BCUT2D eigenvalue weighted by molar-refractivity contribution is -0.121. The first-order valence-electron chi connectivity index (χ1n) is 5.32. The zero-order chi connectivity index (χ0) is 12.3. The number of nitrogens with one attached hydrogen (secondary N) is 1. The van der Waals surface area contributed by atoms with E-state index in [4.69, 9.17) is 0 Å². The van der Waals surface area contributed by atoms with Crippen LogP contribution in [0.3, 0.4) is 0 Å². The summed E-state index contributed by atoms with van der Waals surface area (Å²) in [6.45, 7) is 1.90. The molecule has 0 aliphatic heterocycles. The van der Waals surface area contributed by atoms with E-state index in [2.05, 4.69) is 15.5 Å². The number of rotatable bonds is 4. The van der Waals surface area contributed by atoms with Gasteiger partial charge in [-0.2, -0.15) is 0 Å². The molecular formula is C11H14N4OS. The first-order chi connectivity index (χ1) is 8.16. The number of hydrogen-bond donors (Lipinski definition) is 1. The van der Waals surface area contributed by atoms with E-state index in [0.717, 1.165) is 10.7 Å². The molecule has 1 atom stereocenters. The van der Waals surface area contributed by atoms with E-state index in [1.165, 1.54) is 0 Å². The lowest BCUT2D eigenvalue weighted by Crippen LogP contribution is -2.29. The summed E-state index contributed by atoms with van der Waals surface area (Å²) in [5.41, 5.74) is 0. The maximum Gasteiger partial charge on any atom is 0.225 e. The van der Waals surface area contributed by atoms with Gasteiger partial charge >= 0.3 is 0 Å². The van der Waals surface area contributed by atoms with E-state index in [-0.39, 0.29) is 11.9 Å². The van der Waals surface area contributed by atoms with Crippen molar-refractivity contribution in [3.05, 3.63) is 34.5 Å². The van der Waals surface area contributed by atoms with Gasteiger partial charge in [0.15, 0.2) is 5.82 Å². The lowest BCUT2D eigenvalue weighted by Gasteiger charge is -2.12. The van der Waals surface area contributed by atoms with E-state index < -0.39 is 0 Å². The lowest BCUT2D eigenvalue weighted by atomic mass is 10.2. The normalized spacial score (nSPS) is 12.4. The van der Waals surface area contributed by atoms with Crippen LogP contribution in [-0.4, -0.2) is 20.7 Å². The number of aromatic nitrogens is 3. The molecule has 0 radical (unpaired) electrons. The average Bonchev–Trinajstić information content (AvgIpc) is 2.88. The van der Waals surface area contributed by atoms with Crippen molar-refractivity contribution in [1.82, 2.24) is 20.1 Å². The molecule has 2 heterocycles. The largest absolute Gasteiger partial charge is 0.346 e. The highest BCUT2D eigenvalue weighted by Gasteiger charge is 2.14. The summed E-state index contributed by atoms with van der Waals surface area (Å²) in [6.07, 6.45) is 2.04. The molecule has 0 saturated carbocycles. The van der Waals surface area contributed by atoms with Gasteiger partial charge in [0, 0.05) is 11.9 Å². The minimum Gasteiger partial charge on any atom is -0.346 e. The molecule has 1 amide bonds. The summed E-state index contributed by atoms with van der Waals surface area (Å²) in [5, 5.41) is 12.6. The summed E-state index contributed by atoms with van der Waals surface area (Å²) < 4.78 is 1.80. The van der Waals surface area contributed by atoms with Crippen molar-refractivity contribution in [2.24, 2.45) is 7.05 Å². The van der Waals surface area contributed by atoms with Gasteiger partial charge in [0.25, 0.3) is 0 Å². The Morgan fingerprint density at radius 1 is 1.65 bits per heavy atom. The van der Waals surface area contributed by atoms with Crippen LogP contribution in [0.4, 0.5) is 0 Å². The summed E-state index contributed by atoms with van der Waals surface area (Å²) >= 11 is 1.58. The van der Waals surface area contributed by atoms with E-state index >= 15 is 0 Å². The number of hydrogen-bond acceptors (Lipinski definition) is 4. The van der Waals surface area contributed by atoms with Gasteiger partial charge in [-0.3, -0.25) is 4.79 Å². The highest BCUT2D eigenvalue weighted by atomic mass is 32.1. The van der Waals surface area contributed by atoms with E-state index in [0.29, 0.717) is 6.42 Å². The number of carbonyl (C=O) groups excluding carboxylic acids is 1.